The first-order valence-corrected chi connectivity index (χ1v) is 13.1. The van der Waals surface area contributed by atoms with Crippen LogP contribution < -0.4 is 15.4 Å². The second kappa shape index (κ2) is 12.4. The molecule has 1 aliphatic rings. The average Bonchev–Trinajstić information content (AvgIpc) is 2.73. The van der Waals surface area contributed by atoms with Gasteiger partial charge in [-0.15, -0.1) is 0 Å². The molecule has 6 heteroatoms. The van der Waals surface area contributed by atoms with E-state index in [-0.39, 0.29) is 0 Å². The third-order valence-corrected chi connectivity index (χ3v) is 7.40. The highest BCUT2D eigenvalue weighted by atomic mass is 32.2. The van der Waals surface area contributed by atoms with E-state index in [1.165, 1.54) is 44.9 Å². The van der Waals surface area contributed by atoms with Crippen LogP contribution in [0, 0.1) is 0 Å². The minimum absolute atomic E-state index is 0.333. The summed E-state index contributed by atoms with van der Waals surface area (Å²) in [5.74, 6) is 0. The summed E-state index contributed by atoms with van der Waals surface area (Å²) in [5, 5.41) is 9.14. The van der Waals surface area contributed by atoms with E-state index in [4.69, 9.17) is 0 Å². The molecule has 166 valence electrons. The van der Waals surface area contributed by atoms with Crippen molar-refractivity contribution in [1.29, 1.82) is 0 Å². The topological polar surface area (TPSA) is 70.2 Å². The van der Waals surface area contributed by atoms with Crippen molar-refractivity contribution in [3.05, 3.63) is 42.5 Å². The number of unbranched alkanes of at least 4 members (excludes halogenated alkanes) is 1. The predicted molar refractivity (Wildman–Crippen MR) is 125 cm³/mol. The minimum atomic E-state index is -3.45. The average molecular weight is 432 g/mol. The monoisotopic (exact) mass is 431 g/mol. The lowest BCUT2D eigenvalue weighted by Crippen LogP contribution is -2.35. The van der Waals surface area contributed by atoms with E-state index in [0.29, 0.717) is 17.5 Å². The van der Waals surface area contributed by atoms with Gasteiger partial charge >= 0.3 is 0 Å². The third-order valence-electron chi connectivity index (χ3n) is 5.94. The van der Waals surface area contributed by atoms with E-state index >= 15 is 0 Å². The lowest BCUT2D eigenvalue weighted by atomic mass is 9.97. The predicted octanol–water partition coefficient (Wildman–Crippen LogP) is 4.19. The van der Waals surface area contributed by atoms with Crippen LogP contribution in [0.3, 0.4) is 0 Å². The van der Waals surface area contributed by atoms with E-state index < -0.39 is 10.0 Å². The zero-order chi connectivity index (χ0) is 21.1. The van der Waals surface area contributed by atoms with Crippen LogP contribution in [0.1, 0.15) is 57.8 Å². The number of hydrogen-bond acceptors (Lipinski definition) is 4. The van der Waals surface area contributed by atoms with Crippen LogP contribution in [0.25, 0.3) is 10.8 Å². The summed E-state index contributed by atoms with van der Waals surface area (Å²) in [4.78, 5) is 0.333. The maximum Gasteiger partial charge on any atom is 0.240 e. The summed E-state index contributed by atoms with van der Waals surface area (Å²) in [5.41, 5.74) is 0. The van der Waals surface area contributed by atoms with Gasteiger partial charge in [-0.05, 0) is 55.1 Å². The van der Waals surface area contributed by atoms with Gasteiger partial charge < -0.3 is 10.6 Å². The molecule has 1 fully saturated rings. The van der Waals surface area contributed by atoms with Crippen molar-refractivity contribution >= 4 is 20.8 Å². The molecule has 0 unspecified atom stereocenters. The summed E-state index contributed by atoms with van der Waals surface area (Å²) in [6.07, 6.45) is 11.3. The Morgan fingerprint density at radius 3 is 2.27 bits per heavy atom. The van der Waals surface area contributed by atoms with Gasteiger partial charge in [0.15, 0.2) is 0 Å². The van der Waals surface area contributed by atoms with Gasteiger partial charge in [-0.3, -0.25) is 0 Å². The summed E-state index contributed by atoms with van der Waals surface area (Å²) in [7, 11) is -3.45. The molecule has 3 N–H and O–H groups in total. The largest absolute Gasteiger partial charge is 0.315 e. The van der Waals surface area contributed by atoms with Gasteiger partial charge in [-0.25, -0.2) is 13.1 Å². The number of hydrogen-bond donors (Lipinski definition) is 3. The quantitative estimate of drug-likeness (QED) is 0.467. The molecule has 3 rings (SSSR count). The fraction of sp³-hybridized carbons (Fsp3) is 0.583. The maximum absolute atomic E-state index is 12.5. The van der Waals surface area contributed by atoms with E-state index in [1.807, 2.05) is 30.3 Å². The number of fused-ring (bicyclic) bond motifs is 1. The summed E-state index contributed by atoms with van der Waals surface area (Å²) >= 11 is 0. The van der Waals surface area contributed by atoms with Crippen LogP contribution in [0.5, 0.6) is 0 Å². The van der Waals surface area contributed by atoms with Gasteiger partial charge in [-0.1, -0.05) is 62.4 Å². The molecule has 30 heavy (non-hydrogen) atoms. The molecule has 1 aliphatic carbocycles. The Hall–Kier alpha value is -1.47. The second-order valence-corrected chi connectivity index (χ2v) is 10.1. The number of sulfonamides is 1. The Labute approximate surface area is 182 Å². The van der Waals surface area contributed by atoms with Crippen LogP contribution in [-0.2, 0) is 10.0 Å². The second-order valence-electron chi connectivity index (χ2n) is 8.36. The van der Waals surface area contributed by atoms with Crippen molar-refractivity contribution in [3.63, 3.8) is 0 Å². The first kappa shape index (κ1) is 23.2. The molecule has 0 spiro atoms. The number of nitrogens with one attached hydrogen (secondary N) is 3. The van der Waals surface area contributed by atoms with Crippen LogP contribution in [-0.4, -0.2) is 40.6 Å². The minimum Gasteiger partial charge on any atom is -0.315 e. The lowest BCUT2D eigenvalue weighted by Gasteiger charge is -2.21. The highest BCUT2D eigenvalue weighted by Crippen LogP contribution is 2.19. The molecule has 5 nitrogen and oxygen atoms in total. The normalized spacial score (nSPS) is 16.4. The van der Waals surface area contributed by atoms with E-state index in [9.17, 15) is 8.42 Å². The molecule has 2 aromatic rings. The lowest BCUT2D eigenvalue weighted by molar-refractivity contribution is 0.388. The fourth-order valence-electron chi connectivity index (χ4n) is 4.15. The van der Waals surface area contributed by atoms with E-state index in [2.05, 4.69) is 15.4 Å². The van der Waals surface area contributed by atoms with Crippen LogP contribution in [0.15, 0.2) is 47.4 Å². The number of rotatable bonds is 11. The van der Waals surface area contributed by atoms with Crippen LogP contribution in [0.4, 0.5) is 0 Å². The van der Waals surface area contributed by atoms with Gasteiger partial charge in [-0.2, -0.15) is 0 Å². The Kier molecular flexibility index (Phi) is 9.59. The van der Waals surface area contributed by atoms with E-state index in [0.717, 1.165) is 43.2 Å². The molecule has 0 heterocycles. The van der Waals surface area contributed by atoms with Gasteiger partial charge in [0.25, 0.3) is 0 Å². The molecule has 0 atom stereocenters. The molecule has 0 aromatic heterocycles. The molecule has 1 saturated carbocycles. The fourth-order valence-corrected chi connectivity index (χ4v) is 5.26. The van der Waals surface area contributed by atoms with Gasteiger partial charge in [0.05, 0.1) is 4.90 Å². The van der Waals surface area contributed by atoms with Gasteiger partial charge in [0.2, 0.25) is 10.0 Å². The Balaban J connectivity index is 1.26. The highest BCUT2D eigenvalue weighted by molar-refractivity contribution is 7.89. The number of benzene rings is 2. The van der Waals surface area contributed by atoms with Gasteiger partial charge in [0, 0.05) is 25.7 Å². The Bertz CT molecular complexity index is 862. The molecule has 2 aromatic carbocycles. The maximum atomic E-state index is 12.5. The van der Waals surface area contributed by atoms with Crippen molar-refractivity contribution in [2.45, 2.75) is 68.7 Å². The van der Waals surface area contributed by atoms with Crippen molar-refractivity contribution in [2.24, 2.45) is 0 Å². The molecule has 0 aliphatic heterocycles. The summed E-state index contributed by atoms with van der Waals surface area (Å²) < 4.78 is 27.8. The summed E-state index contributed by atoms with van der Waals surface area (Å²) in [6, 6.07) is 13.8. The van der Waals surface area contributed by atoms with Crippen LogP contribution >= 0.6 is 0 Å². The SMILES string of the molecule is O=S(=O)(NCCCCNCCNC1CCCCCCC1)c1ccc2ccccc2c1. The van der Waals surface area contributed by atoms with Crippen molar-refractivity contribution in [2.75, 3.05) is 26.2 Å². The smallest absolute Gasteiger partial charge is 0.240 e. The Morgan fingerprint density at radius 1 is 0.767 bits per heavy atom. The van der Waals surface area contributed by atoms with E-state index in [1.54, 1.807) is 12.1 Å². The highest BCUT2D eigenvalue weighted by Gasteiger charge is 2.13. The molecule has 0 bridgehead atoms. The summed E-state index contributed by atoms with van der Waals surface area (Å²) in [6.45, 7) is 3.37. The molecular weight excluding hydrogens is 394 g/mol. The first-order valence-electron chi connectivity index (χ1n) is 11.6. The molecule has 0 radical (unpaired) electrons. The molecule has 0 saturated heterocycles. The van der Waals surface area contributed by atoms with Gasteiger partial charge in [0.1, 0.15) is 0 Å². The zero-order valence-corrected chi connectivity index (χ0v) is 18.9. The van der Waals surface area contributed by atoms with Crippen LogP contribution in [0.2, 0.25) is 0 Å². The Morgan fingerprint density at radius 2 is 1.47 bits per heavy atom. The van der Waals surface area contributed by atoms with Crippen molar-refractivity contribution in [3.8, 4) is 0 Å². The molecular formula is C24H37N3O2S. The van der Waals surface area contributed by atoms with Crippen molar-refractivity contribution < 1.29 is 8.42 Å². The first-order chi connectivity index (χ1) is 14.6. The van der Waals surface area contributed by atoms with Crippen molar-refractivity contribution in [1.82, 2.24) is 15.4 Å². The molecule has 0 amide bonds. The zero-order valence-electron chi connectivity index (χ0n) is 18.0. The third kappa shape index (κ3) is 7.65. The standard InChI is InChI=1S/C24H37N3O2S/c28-30(29,24-15-14-21-10-6-7-11-22(21)20-24)27-17-9-8-16-25-18-19-26-23-12-4-2-1-3-5-13-23/h6-7,10-11,14-15,20,23,25-27H,1-5,8-9,12-13,16-19H2.